The number of benzene rings is 2. The SMILES string of the molecule is COc1ccc(S(=O)(=O)NC(C)C)cc1NC(=O)c1ccc(C)cc1. The molecule has 25 heavy (non-hydrogen) atoms. The first-order valence-electron chi connectivity index (χ1n) is 7.81. The molecule has 0 bridgehead atoms. The third-order valence-electron chi connectivity index (χ3n) is 3.43. The number of methoxy groups -OCH3 is 1. The Morgan fingerprint density at radius 2 is 1.72 bits per heavy atom. The molecule has 0 unspecified atom stereocenters. The van der Waals surface area contributed by atoms with Crippen LogP contribution >= 0.6 is 0 Å². The Bertz CT molecular complexity index is 859. The molecule has 0 aromatic heterocycles. The Labute approximate surface area is 148 Å². The number of sulfonamides is 1. The smallest absolute Gasteiger partial charge is 0.255 e. The predicted molar refractivity (Wildman–Crippen MR) is 97.6 cm³/mol. The van der Waals surface area contributed by atoms with Crippen molar-refractivity contribution in [2.24, 2.45) is 0 Å². The molecule has 7 heteroatoms. The van der Waals surface area contributed by atoms with Crippen LogP contribution in [0.4, 0.5) is 5.69 Å². The fraction of sp³-hybridized carbons (Fsp3) is 0.278. The van der Waals surface area contributed by atoms with Gasteiger partial charge < -0.3 is 10.1 Å². The van der Waals surface area contributed by atoms with Crippen LogP contribution in [0.2, 0.25) is 0 Å². The van der Waals surface area contributed by atoms with E-state index in [9.17, 15) is 13.2 Å². The zero-order valence-corrected chi connectivity index (χ0v) is 15.5. The number of ether oxygens (including phenoxy) is 1. The summed E-state index contributed by atoms with van der Waals surface area (Å²) in [7, 11) is -2.21. The lowest BCUT2D eigenvalue weighted by Crippen LogP contribution is -2.30. The highest BCUT2D eigenvalue weighted by molar-refractivity contribution is 7.89. The van der Waals surface area contributed by atoms with Crippen LogP contribution in [0.5, 0.6) is 5.75 Å². The van der Waals surface area contributed by atoms with Gasteiger partial charge in [0.2, 0.25) is 10.0 Å². The zero-order chi connectivity index (χ0) is 18.6. The summed E-state index contributed by atoms with van der Waals surface area (Å²) in [5, 5.41) is 2.71. The van der Waals surface area contributed by atoms with E-state index in [2.05, 4.69) is 10.0 Å². The molecule has 2 rings (SSSR count). The molecule has 0 atom stereocenters. The molecule has 0 heterocycles. The quantitative estimate of drug-likeness (QED) is 0.827. The fourth-order valence-electron chi connectivity index (χ4n) is 2.23. The lowest BCUT2D eigenvalue weighted by Gasteiger charge is -2.14. The first-order chi connectivity index (χ1) is 11.7. The van der Waals surface area contributed by atoms with Gasteiger partial charge in [-0.3, -0.25) is 4.79 Å². The average Bonchev–Trinajstić information content (AvgIpc) is 2.54. The van der Waals surface area contributed by atoms with Crippen LogP contribution in [0.1, 0.15) is 29.8 Å². The minimum Gasteiger partial charge on any atom is -0.495 e. The van der Waals surface area contributed by atoms with Crippen molar-refractivity contribution in [3.63, 3.8) is 0 Å². The Morgan fingerprint density at radius 3 is 2.28 bits per heavy atom. The van der Waals surface area contributed by atoms with Crippen molar-refractivity contribution in [3.05, 3.63) is 53.6 Å². The zero-order valence-electron chi connectivity index (χ0n) is 14.7. The lowest BCUT2D eigenvalue weighted by atomic mass is 10.1. The molecule has 2 N–H and O–H groups in total. The van der Waals surface area contributed by atoms with E-state index in [1.54, 1.807) is 26.0 Å². The number of carbonyl (C=O) groups is 1. The van der Waals surface area contributed by atoms with Crippen LogP contribution in [0.15, 0.2) is 47.4 Å². The summed E-state index contributed by atoms with van der Waals surface area (Å²) >= 11 is 0. The number of amides is 1. The van der Waals surface area contributed by atoms with E-state index in [1.165, 1.54) is 25.3 Å². The maximum Gasteiger partial charge on any atom is 0.255 e. The largest absolute Gasteiger partial charge is 0.495 e. The Balaban J connectivity index is 2.34. The van der Waals surface area contributed by atoms with Crippen molar-refractivity contribution in [2.45, 2.75) is 31.7 Å². The molecule has 0 fully saturated rings. The van der Waals surface area contributed by atoms with E-state index in [4.69, 9.17) is 4.74 Å². The lowest BCUT2D eigenvalue weighted by molar-refractivity contribution is 0.102. The maximum absolute atomic E-state index is 12.4. The van der Waals surface area contributed by atoms with Gasteiger partial charge >= 0.3 is 0 Å². The monoisotopic (exact) mass is 362 g/mol. The molecular weight excluding hydrogens is 340 g/mol. The molecule has 0 aliphatic heterocycles. The third kappa shape index (κ3) is 4.80. The maximum atomic E-state index is 12.4. The van der Waals surface area contributed by atoms with Gasteiger partial charge in [-0.2, -0.15) is 0 Å². The summed E-state index contributed by atoms with van der Waals surface area (Å²) in [6, 6.07) is 11.2. The van der Waals surface area contributed by atoms with Gasteiger partial charge in [-0.15, -0.1) is 0 Å². The molecule has 0 spiro atoms. The topological polar surface area (TPSA) is 84.5 Å². The van der Waals surface area contributed by atoms with Crippen molar-refractivity contribution in [1.29, 1.82) is 0 Å². The van der Waals surface area contributed by atoms with Gasteiger partial charge in [-0.1, -0.05) is 17.7 Å². The van der Waals surface area contributed by atoms with Crippen molar-refractivity contribution < 1.29 is 17.9 Å². The van der Waals surface area contributed by atoms with Gasteiger partial charge in [-0.25, -0.2) is 13.1 Å². The number of anilines is 1. The minimum absolute atomic E-state index is 0.0567. The van der Waals surface area contributed by atoms with E-state index >= 15 is 0 Å². The molecule has 0 saturated carbocycles. The summed E-state index contributed by atoms with van der Waals surface area (Å²) in [6.07, 6.45) is 0. The summed E-state index contributed by atoms with van der Waals surface area (Å²) in [4.78, 5) is 12.5. The Morgan fingerprint density at radius 1 is 1.08 bits per heavy atom. The van der Waals surface area contributed by atoms with Crippen molar-refractivity contribution >= 4 is 21.6 Å². The summed E-state index contributed by atoms with van der Waals surface area (Å²) in [5.41, 5.74) is 1.81. The number of hydrogen-bond donors (Lipinski definition) is 2. The number of nitrogens with one attached hydrogen (secondary N) is 2. The van der Waals surface area contributed by atoms with Gasteiger partial charge in [0.1, 0.15) is 5.75 Å². The highest BCUT2D eigenvalue weighted by Crippen LogP contribution is 2.28. The Kier molecular flexibility index (Phi) is 5.81. The highest BCUT2D eigenvalue weighted by atomic mass is 32.2. The van der Waals surface area contributed by atoms with Crippen LogP contribution in [0.3, 0.4) is 0 Å². The second kappa shape index (κ2) is 7.67. The van der Waals surface area contributed by atoms with Crippen LogP contribution < -0.4 is 14.8 Å². The number of carbonyl (C=O) groups excluding carboxylic acids is 1. The van der Waals surface area contributed by atoms with Crippen LogP contribution in [0.25, 0.3) is 0 Å². The molecule has 2 aromatic rings. The number of rotatable bonds is 6. The first-order valence-corrected chi connectivity index (χ1v) is 9.29. The molecular formula is C18H22N2O4S. The molecule has 6 nitrogen and oxygen atoms in total. The second-order valence-corrected chi connectivity index (χ2v) is 7.67. The van der Waals surface area contributed by atoms with E-state index in [-0.39, 0.29) is 16.8 Å². The van der Waals surface area contributed by atoms with Gasteiger partial charge in [0.25, 0.3) is 5.91 Å². The van der Waals surface area contributed by atoms with Crippen LogP contribution in [-0.2, 0) is 10.0 Å². The van der Waals surface area contributed by atoms with Crippen LogP contribution in [0, 0.1) is 6.92 Å². The second-order valence-electron chi connectivity index (χ2n) is 5.96. The normalized spacial score (nSPS) is 11.4. The third-order valence-corrected chi connectivity index (χ3v) is 5.09. The Hall–Kier alpha value is -2.38. The molecule has 134 valence electrons. The molecule has 0 radical (unpaired) electrons. The fourth-order valence-corrected chi connectivity index (χ4v) is 3.51. The molecule has 2 aromatic carbocycles. The van der Waals surface area contributed by atoms with E-state index in [0.717, 1.165) is 5.56 Å². The number of hydrogen-bond acceptors (Lipinski definition) is 4. The average molecular weight is 362 g/mol. The van der Waals surface area contributed by atoms with Gasteiger partial charge in [0.15, 0.2) is 0 Å². The van der Waals surface area contributed by atoms with E-state index < -0.39 is 10.0 Å². The molecule has 0 aliphatic rings. The number of aryl methyl sites for hydroxylation is 1. The summed E-state index contributed by atoms with van der Waals surface area (Å²) in [6.45, 7) is 5.41. The van der Waals surface area contributed by atoms with Gasteiger partial charge in [-0.05, 0) is 51.1 Å². The minimum atomic E-state index is -3.67. The van der Waals surface area contributed by atoms with E-state index in [0.29, 0.717) is 17.0 Å². The van der Waals surface area contributed by atoms with E-state index in [1.807, 2.05) is 19.1 Å². The van der Waals surface area contributed by atoms with Gasteiger partial charge in [0, 0.05) is 11.6 Å². The molecule has 0 saturated heterocycles. The van der Waals surface area contributed by atoms with Gasteiger partial charge in [0.05, 0.1) is 17.7 Å². The standard InChI is InChI=1S/C18H22N2O4S/c1-12(2)20-25(22,23)15-9-10-17(24-4)16(11-15)19-18(21)14-7-5-13(3)6-8-14/h5-12,20H,1-4H3,(H,19,21). The molecule has 0 aliphatic carbocycles. The van der Waals surface area contributed by atoms with Crippen molar-refractivity contribution in [2.75, 3.05) is 12.4 Å². The molecule has 1 amide bonds. The van der Waals surface area contributed by atoms with Crippen molar-refractivity contribution in [3.8, 4) is 5.75 Å². The van der Waals surface area contributed by atoms with Crippen molar-refractivity contribution in [1.82, 2.24) is 4.72 Å². The predicted octanol–water partition coefficient (Wildman–Crippen LogP) is 2.94. The highest BCUT2D eigenvalue weighted by Gasteiger charge is 2.18. The summed E-state index contributed by atoms with van der Waals surface area (Å²) < 4.78 is 32.4. The van der Waals surface area contributed by atoms with Crippen LogP contribution in [-0.4, -0.2) is 27.5 Å². The summed E-state index contributed by atoms with van der Waals surface area (Å²) in [5.74, 6) is 0.0358. The first kappa shape index (κ1) is 19.0.